The number of hydrogen-bond acceptors (Lipinski definition) is 4. The number of amides is 1. The van der Waals surface area contributed by atoms with E-state index in [-0.39, 0.29) is 5.69 Å². The van der Waals surface area contributed by atoms with Crippen LogP contribution in [0.1, 0.15) is 16.1 Å². The maximum atomic E-state index is 13.1. The van der Waals surface area contributed by atoms with Crippen LogP contribution in [0.2, 0.25) is 0 Å². The molecule has 3 heterocycles. The van der Waals surface area contributed by atoms with Crippen molar-refractivity contribution in [2.75, 3.05) is 5.32 Å². The Morgan fingerprint density at radius 2 is 1.79 bits per heavy atom. The number of carbonyl (C=O) groups excluding carboxylic acids is 1. The molecule has 0 atom stereocenters. The van der Waals surface area contributed by atoms with Crippen LogP contribution in [0.3, 0.4) is 0 Å². The Kier molecular flexibility index (Phi) is 4.67. The number of nitrogens with zero attached hydrogens (tertiary/aromatic N) is 3. The predicted molar refractivity (Wildman–Crippen MR) is 102 cm³/mol. The first-order chi connectivity index (χ1) is 13.9. The number of benzene rings is 1. The number of fused-ring (bicyclic) bond motifs is 1. The highest BCUT2D eigenvalue weighted by molar-refractivity contribution is 6.05. The molecule has 4 rings (SSSR count). The third-order valence-corrected chi connectivity index (χ3v) is 4.25. The van der Waals surface area contributed by atoms with E-state index < -0.39 is 17.6 Å². The van der Waals surface area contributed by atoms with E-state index in [1.165, 1.54) is 24.5 Å². The number of halogens is 3. The number of anilines is 1. The van der Waals surface area contributed by atoms with Crippen LogP contribution < -0.4 is 5.32 Å². The van der Waals surface area contributed by atoms with E-state index in [1.807, 2.05) is 0 Å². The van der Waals surface area contributed by atoms with Gasteiger partial charge in [-0.3, -0.25) is 14.8 Å². The minimum atomic E-state index is -4.46. The molecule has 0 aliphatic heterocycles. The zero-order valence-electron chi connectivity index (χ0n) is 14.8. The second-order valence-electron chi connectivity index (χ2n) is 6.23. The summed E-state index contributed by atoms with van der Waals surface area (Å²) >= 11 is 0. The molecular weight excluding hydrogens is 381 g/mol. The largest absolute Gasteiger partial charge is 0.416 e. The number of alkyl halides is 3. The number of aromatic nitrogens is 3. The summed E-state index contributed by atoms with van der Waals surface area (Å²) in [5.74, 6) is -0.452. The average Bonchev–Trinajstić information content (AvgIpc) is 2.73. The summed E-state index contributed by atoms with van der Waals surface area (Å²) in [6.07, 6.45) is 1.60. The number of carbonyl (C=O) groups is 1. The molecule has 0 aliphatic carbocycles. The fourth-order valence-electron chi connectivity index (χ4n) is 2.88. The second-order valence-corrected chi connectivity index (χ2v) is 6.23. The fraction of sp³-hybridized carbons (Fsp3) is 0.0476. The van der Waals surface area contributed by atoms with E-state index in [4.69, 9.17) is 0 Å². The van der Waals surface area contributed by atoms with Crippen LogP contribution in [-0.2, 0) is 6.18 Å². The van der Waals surface area contributed by atoms with Crippen molar-refractivity contribution in [3.63, 3.8) is 0 Å². The summed E-state index contributed by atoms with van der Waals surface area (Å²) in [5.41, 5.74) is 0.975. The van der Waals surface area contributed by atoms with Crippen molar-refractivity contribution >= 4 is 22.5 Å². The van der Waals surface area contributed by atoms with Crippen molar-refractivity contribution in [2.24, 2.45) is 0 Å². The molecule has 0 saturated carbocycles. The van der Waals surface area contributed by atoms with Crippen LogP contribution in [0.15, 0.2) is 73.3 Å². The highest BCUT2D eigenvalue weighted by Gasteiger charge is 2.30. The molecule has 0 saturated heterocycles. The second kappa shape index (κ2) is 7.31. The third-order valence-electron chi connectivity index (χ3n) is 4.25. The Hall–Kier alpha value is -3.81. The van der Waals surface area contributed by atoms with Crippen molar-refractivity contribution in [1.29, 1.82) is 0 Å². The lowest BCUT2D eigenvalue weighted by Gasteiger charge is -2.11. The first-order valence-electron chi connectivity index (χ1n) is 8.55. The number of pyridine rings is 3. The van der Waals surface area contributed by atoms with E-state index in [0.717, 1.165) is 12.1 Å². The lowest BCUT2D eigenvalue weighted by molar-refractivity contribution is -0.137. The topological polar surface area (TPSA) is 67.8 Å². The first-order valence-corrected chi connectivity index (χ1v) is 8.55. The molecular formula is C21H13F3N4O. The zero-order valence-corrected chi connectivity index (χ0v) is 14.8. The summed E-state index contributed by atoms with van der Waals surface area (Å²) < 4.78 is 39.3. The predicted octanol–water partition coefficient (Wildman–Crippen LogP) is 4.96. The van der Waals surface area contributed by atoms with Crippen molar-refractivity contribution in [3.8, 4) is 11.1 Å². The molecule has 144 valence electrons. The van der Waals surface area contributed by atoms with Gasteiger partial charge in [0, 0.05) is 29.5 Å². The summed E-state index contributed by atoms with van der Waals surface area (Å²) in [4.78, 5) is 24.9. The minimum absolute atomic E-state index is 0.126. The monoisotopic (exact) mass is 394 g/mol. The van der Waals surface area contributed by atoms with Gasteiger partial charge in [-0.15, -0.1) is 0 Å². The van der Waals surface area contributed by atoms with Gasteiger partial charge in [0.2, 0.25) is 0 Å². The molecule has 1 aromatic carbocycles. The molecule has 0 fully saturated rings. The van der Waals surface area contributed by atoms with Gasteiger partial charge in [-0.05, 0) is 42.0 Å². The molecule has 8 heteroatoms. The maximum Gasteiger partial charge on any atom is 0.416 e. The number of hydrogen-bond donors (Lipinski definition) is 1. The van der Waals surface area contributed by atoms with Crippen LogP contribution in [0.5, 0.6) is 0 Å². The molecule has 0 bridgehead atoms. The quantitative estimate of drug-likeness (QED) is 0.533. The summed E-state index contributed by atoms with van der Waals surface area (Å²) in [6, 6.07) is 11.5. The highest BCUT2D eigenvalue weighted by atomic mass is 19.4. The fourth-order valence-corrected chi connectivity index (χ4v) is 2.88. The van der Waals surface area contributed by atoms with Gasteiger partial charge < -0.3 is 5.32 Å². The molecule has 1 N–H and O–H groups in total. The van der Waals surface area contributed by atoms with E-state index in [0.29, 0.717) is 27.7 Å². The van der Waals surface area contributed by atoms with E-state index in [1.54, 1.807) is 36.7 Å². The molecule has 5 nitrogen and oxygen atoms in total. The van der Waals surface area contributed by atoms with Gasteiger partial charge in [-0.25, -0.2) is 4.98 Å². The molecule has 0 unspecified atom stereocenters. The van der Waals surface area contributed by atoms with Gasteiger partial charge in [-0.2, -0.15) is 13.2 Å². The lowest BCUT2D eigenvalue weighted by Crippen LogP contribution is -2.13. The van der Waals surface area contributed by atoms with Gasteiger partial charge in [0.15, 0.2) is 0 Å². The van der Waals surface area contributed by atoms with Crippen LogP contribution in [0.25, 0.3) is 22.0 Å². The van der Waals surface area contributed by atoms with Crippen LogP contribution in [0.4, 0.5) is 18.9 Å². The zero-order chi connectivity index (χ0) is 20.4. The van der Waals surface area contributed by atoms with Crippen LogP contribution in [-0.4, -0.2) is 20.9 Å². The van der Waals surface area contributed by atoms with Crippen molar-refractivity contribution < 1.29 is 18.0 Å². The van der Waals surface area contributed by atoms with Crippen LogP contribution in [0, 0.1) is 0 Å². The van der Waals surface area contributed by atoms with E-state index >= 15 is 0 Å². The highest BCUT2D eigenvalue weighted by Crippen LogP contribution is 2.33. The van der Waals surface area contributed by atoms with Gasteiger partial charge in [0.1, 0.15) is 5.69 Å². The Bertz CT molecular complexity index is 1190. The standard InChI is InChI=1S/C21H13F3N4O/c22-21(23,24)15-4-1-3-13(9-15)17-12-26-10-14-6-7-18(28-19(14)17)20(29)27-16-5-2-8-25-11-16/h1-12H,(H,27,29). The molecule has 4 aromatic rings. The molecule has 3 aromatic heterocycles. The molecule has 1 amide bonds. The number of rotatable bonds is 3. The Labute approximate surface area is 163 Å². The minimum Gasteiger partial charge on any atom is -0.319 e. The smallest absolute Gasteiger partial charge is 0.319 e. The van der Waals surface area contributed by atoms with Gasteiger partial charge in [0.25, 0.3) is 5.91 Å². The molecule has 0 aliphatic rings. The third kappa shape index (κ3) is 3.91. The normalized spacial score (nSPS) is 11.4. The summed E-state index contributed by atoms with van der Waals surface area (Å²) in [5, 5.41) is 3.29. The molecule has 29 heavy (non-hydrogen) atoms. The Morgan fingerprint density at radius 3 is 2.55 bits per heavy atom. The van der Waals surface area contributed by atoms with Crippen LogP contribution >= 0.6 is 0 Å². The summed E-state index contributed by atoms with van der Waals surface area (Å²) in [7, 11) is 0. The SMILES string of the molecule is O=C(Nc1cccnc1)c1ccc2cncc(-c3cccc(C(F)(F)F)c3)c2n1. The van der Waals surface area contributed by atoms with E-state index in [2.05, 4.69) is 20.3 Å². The van der Waals surface area contributed by atoms with Crippen molar-refractivity contribution in [1.82, 2.24) is 15.0 Å². The van der Waals surface area contributed by atoms with Gasteiger partial charge >= 0.3 is 6.18 Å². The number of nitrogens with one attached hydrogen (secondary N) is 1. The first kappa shape index (κ1) is 18.5. The van der Waals surface area contributed by atoms with Crippen molar-refractivity contribution in [2.45, 2.75) is 6.18 Å². The Balaban J connectivity index is 1.76. The maximum absolute atomic E-state index is 13.1. The Morgan fingerprint density at radius 1 is 0.931 bits per heavy atom. The summed E-state index contributed by atoms with van der Waals surface area (Å²) in [6.45, 7) is 0. The van der Waals surface area contributed by atoms with E-state index in [9.17, 15) is 18.0 Å². The molecule has 0 radical (unpaired) electrons. The van der Waals surface area contributed by atoms with Gasteiger partial charge in [-0.1, -0.05) is 12.1 Å². The lowest BCUT2D eigenvalue weighted by atomic mass is 10.0. The van der Waals surface area contributed by atoms with Gasteiger partial charge in [0.05, 0.1) is 23.0 Å². The van der Waals surface area contributed by atoms with Crippen molar-refractivity contribution in [3.05, 3.63) is 84.6 Å². The average molecular weight is 394 g/mol. The molecule has 0 spiro atoms.